The Balaban J connectivity index is 1.04. The summed E-state index contributed by atoms with van der Waals surface area (Å²) in [4.78, 5) is 37.5. The van der Waals surface area contributed by atoms with Gasteiger partial charge in [-0.05, 0) is 108 Å². The molecule has 0 saturated carbocycles. The molecule has 0 N–H and O–H groups in total. The molecule has 10 nitrogen and oxygen atoms in total. The van der Waals surface area contributed by atoms with Crippen LogP contribution in [0.5, 0.6) is 11.5 Å². The topological polar surface area (TPSA) is 104 Å². The molecular weight excluding hydrogens is 732 g/mol. The number of carbonyl (C=O) groups excluding carboxylic acids is 1. The Kier molecular flexibility index (Phi) is 10.3. The lowest BCUT2D eigenvalue weighted by atomic mass is 9.89. The number of nitrogens with zero attached hydrogens (tertiary/aromatic N) is 6. The summed E-state index contributed by atoms with van der Waals surface area (Å²) in [5, 5.41) is 9.90. The molecule has 2 aromatic carbocycles. The van der Waals surface area contributed by atoms with Gasteiger partial charge in [0.1, 0.15) is 27.7 Å². The maximum atomic E-state index is 13.6. The first-order valence-electron chi connectivity index (χ1n) is 18.1. The molecule has 3 aliphatic heterocycles. The molecule has 53 heavy (non-hydrogen) atoms. The third kappa shape index (κ3) is 6.92. The molecule has 2 fully saturated rings. The van der Waals surface area contributed by atoms with E-state index in [1.54, 1.807) is 38.0 Å². The van der Waals surface area contributed by atoms with Crippen LogP contribution in [0.25, 0.3) is 17.2 Å². The number of halogens is 1. The third-order valence-electron chi connectivity index (χ3n) is 11.5. The van der Waals surface area contributed by atoms with Gasteiger partial charge in [0.05, 0.1) is 31.5 Å². The highest BCUT2D eigenvalue weighted by Crippen LogP contribution is 2.41. The van der Waals surface area contributed by atoms with Crippen molar-refractivity contribution < 1.29 is 14.3 Å². The van der Waals surface area contributed by atoms with Crippen molar-refractivity contribution in [3.05, 3.63) is 114 Å². The van der Waals surface area contributed by atoms with Crippen molar-refractivity contribution >= 4 is 27.9 Å². The fourth-order valence-corrected chi connectivity index (χ4v) is 8.88. The molecule has 11 heteroatoms. The number of piperazine rings is 1. The number of amides is 1. The minimum absolute atomic E-state index is 0.00895. The van der Waals surface area contributed by atoms with E-state index in [0.29, 0.717) is 28.9 Å². The number of ether oxygens (including phenoxy) is 2. The molecule has 2 aromatic heterocycles. The fraction of sp³-hybridized carbons (Fsp3) is 0.381. The number of rotatable bonds is 9. The minimum Gasteiger partial charge on any atom is -0.496 e. The molecule has 5 heterocycles. The van der Waals surface area contributed by atoms with Crippen LogP contribution in [0.15, 0.2) is 69.7 Å². The van der Waals surface area contributed by atoms with Crippen molar-refractivity contribution in [3.63, 3.8) is 0 Å². The number of hydrogen-bond donors (Lipinski definition) is 0. The number of fused-ring (bicyclic) bond motifs is 3. The molecule has 0 radical (unpaired) electrons. The van der Waals surface area contributed by atoms with Crippen molar-refractivity contribution in [2.45, 2.75) is 64.8 Å². The monoisotopic (exact) mass is 776 g/mol. The van der Waals surface area contributed by atoms with E-state index in [-0.39, 0.29) is 23.1 Å². The summed E-state index contributed by atoms with van der Waals surface area (Å²) >= 11 is 3.36. The number of benzene rings is 2. The van der Waals surface area contributed by atoms with Gasteiger partial charge in [-0.3, -0.25) is 19.4 Å². The van der Waals surface area contributed by atoms with Gasteiger partial charge in [0.15, 0.2) is 0 Å². The first-order valence-corrected chi connectivity index (χ1v) is 18.9. The van der Waals surface area contributed by atoms with Gasteiger partial charge >= 0.3 is 0 Å². The smallest absolute Gasteiger partial charge is 0.265 e. The number of hydrogen-bond acceptors (Lipinski definition) is 8. The lowest BCUT2D eigenvalue weighted by Crippen LogP contribution is -2.45. The summed E-state index contributed by atoms with van der Waals surface area (Å²) < 4.78 is 14.2. The summed E-state index contributed by atoms with van der Waals surface area (Å²) in [6.07, 6.45) is 5.32. The summed E-state index contributed by atoms with van der Waals surface area (Å²) in [6, 6.07) is 18.8. The van der Waals surface area contributed by atoms with Crippen LogP contribution in [-0.2, 0) is 31.4 Å². The number of aryl methyl sites for hydroxylation is 1. The zero-order valence-corrected chi connectivity index (χ0v) is 32.7. The number of pyridine rings is 2. The molecule has 0 aliphatic carbocycles. The van der Waals surface area contributed by atoms with E-state index in [1.807, 2.05) is 37.1 Å². The predicted molar refractivity (Wildman–Crippen MR) is 209 cm³/mol. The molecule has 7 rings (SSSR count). The van der Waals surface area contributed by atoms with Gasteiger partial charge in [-0.15, -0.1) is 0 Å². The van der Waals surface area contributed by atoms with Gasteiger partial charge in [-0.2, -0.15) is 5.26 Å². The largest absolute Gasteiger partial charge is 0.496 e. The van der Waals surface area contributed by atoms with E-state index in [1.165, 1.54) is 11.1 Å². The second kappa shape index (κ2) is 14.9. The van der Waals surface area contributed by atoms with Crippen molar-refractivity contribution in [1.82, 2.24) is 24.3 Å². The second-order valence-corrected chi connectivity index (χ2v) is 15.2. The molecular formula is C42H45BrN6O4. The van der Waals surface area contributed by atoms with Crippen LogP contribution in [0.1, 0.15) is 58.5 Å². The van der Waals surface area contributed by atoms with E-state index in [4.69, 9.17) is 9.47 Å². The number of methoxy groups -OCH3 is 2. The maximum absolute atomic E-state index is 13.6. The van der Waals surface area contributed by atoms with Crippen LogP contribution in [0.4, 0.5) is 0 Å². The van der Waals surface area contributed by atoms with E-state index in [2.05, 4.69) is 74.0 Å². The summed E-state index contributed by atoms with van der Waals surface area (Å²) in [7, 11) is 5.19. The Labute approximate surface area is 319 Å². The van der Waals surface area contributed by atoms with Gasteiger partial charge in [0.25, 0.3) is 11.5 Å². The molecule has 2 saturated heterocycles. The van der Waals surface area contributed by atoms with E-state index < -0.39 is 0 Å². The first kappa shape index (κ1) is 36.6. The molecule has 274 valence electrons. The summed E-state index contributed by atoms with van der Waals surface area (Å²) in [6.45, 7) is 10.0. The van der Waals surface area contributed by atoms with Gasteiger partial charge in [0, 0.05) is 69.2 Å². The molecule has 4 aromatic rings. The van der Waals surface area contributed by atoms with E-state index in [9.17, 15) is 14.9 Å². The van der Waals surface area contributed by atoms with E-state index in [0.717, 1.165) is 83.9 Å². The lowest BCUT2D eigenvalue weighted by Gasteiger charge is -2.38. The van der Waals surface area contributed by atoms with Gasteiger partial charge < -0.3 is 18.9 Å². The summed E-state index contributed by atoms with van der Waals surface area (Å²) in [5.74, 6) is 1.30. The van der Waals surface area contributed by atoms with E-state index >= 15 is 0 Å². The van der Waals surface area contributed by atoms with Crippen molar-refractivity contribution in [2.24, 2.45) is 7.05 Å². The third-order valence-corrected chi connectivity index (χ3v) is 12.0. The molecule has 3 atom stereocenters. The van der Waals surface area contributed by atoms with Crippen LogP contribution in [0.2, 0.25) is 0 Å². The first-order chi connectivity index (χ1) is 25.5. The van der Waals surface area contributed by atoms with Gasteiger partial charge in [-0.1, -0.05) is 24.3 Å². The normalized spacial score (nSPS) is 20.0. The number of aromatic nitrogens is 2. The van der Waals surface area contributed by atoms with Gasteiger partial charge in [0.2, 0.25) is 0 Å². The SMILES string of the molecule is COc1cc(-c2cn(C)c(=O)c(C)c2C)cc(OC)c1CN1CC2CC1CN2Cc1cccc2c1CCN(C(=O)/C(C#N)=C/c1cccc(Br)n1)C2C. The Bertz CT molecular complexity index is 2200. The Morgan fingerprint density at radius 3 is 2.34 bits per heavy atom. The van der Waals surface area contributed by atoms with Crippen LogP contribution >= 0.6 is 15.9 Å². The second-order valence-electron chi connectivity index (χ2n) is 14.4. The molecule has 3 aliphatic rings. The van der Waals surface area contributed by atoms with Crippen LogP contribution in [-0.4, -0.2) is 76.1 Å². The highest BCUT2D eigenvalue weighted by atomic mass is 79.9. The Hall–Kier alpha value is -4.76. The predicted octanol–water partition coefficient (Wildman–Crippen LogP) is 6.36. The number of carbonyl (C=O) groups is 1. The van der Waals surface area contributed by atoms with Crippen molar-refractivity contribution in [3.8, 4) is 28.7 Å². The van der Waals surface area contributed by atoms with Crippen LogP contribution in [0, 0.1) is 25.2 Å². The molecule has 2 bridgehead atoms. The van der Waals surface area contributed by atoms with Crippen LogP contribution in [0.3, 0.4) is 0 Å². The zero-order chi connectivity index (χ0) is 37.6. The Morgan fingerprint density at radius 2 is 1.70 bits per heavy atom. The molecule has 3 unspecified atom stereocenters. The maximum Gasteiger partial charge on any atom is 0.265 e. The van der Waals surface area contributed by atoms with Gasteiger partial charge in [-0.25, -0.2) is 4.98 Å². The van der Waals surface area contributed by atoms with Crippen LogP contribution < -0.4 is 15.0 Å². The fourth-order valence-electron chi connectivity index (χ4n) is 8.52. The van der Waals surface area contributed by atoms with Crippen molar-refractivity contribution in [2.75, 3.05) is 33.9 Å². The Morgan fingerprint density at radius 1 is 1.02 bits per heavy atom. The highest BCUT2D eigenvalue weighted by Gasteiger charge is 2.44. The zero-order valence-electron chi connectivity index (χ0n) is 31.1. The lowest BCUT2D eigenvalue weighted by molar-refractivity contribution is -0.129. The average molecular weight is 778 g/mol. The standard InChI is InChI=1S/C42H45BrN6O4/c1-25-26(2)41(50)46(4)23-36(25)29-16-38(52-5)37(39(17-29)53-6)24-48-22-32-18-33(48)21-47(32)20-28-9-7-11-34-27(3)49(14-13-35(28)34)42(51)30(19-44)15-31-10-8-12-40(43)45-31/h7-12,15-17,23,27,32-33H,13-14,18,20-22,24H2,1-6H3/b30-15+. The average Bonchev–Trinajstić information content (AvgIpc) is 3.75. The highest BCUT2D eigenvalue weighted by molar-refractivity contribution is 9.10. The summed E-state index contributed by atoms with van der Waals surface area (Å²) in [5.41, 5.74) is 9.11. The number of likely N-dealkylation sites (tertiary alicyclic amines) is 2. The quantitative estimate of drug-likeness (QED) is 0.110. The van der Waals surface area contributed by atoms with Crippen molar-refractivity contribution in [1.29, 1.82) is 5.26 Å². The number of nitriles is 1. The molecule has 1 amide bonds. The minimum atomic E-state index is -0.269. The molecule has 0 spiro atoms.